The molecular formula is C20H23N5O2S. The number of carbonyl (C=O) groups excluding carboxylic acids is 1. The van der Waals surface area contributed by atoms with Gasteiger partial charge >= 0.3 is 0 Å². The highest BCUT2D eigenvalue weighted by atomic mass is 32.2. The molecule has 0 saturated heterocycles. The van der Waals surface area contributed by atoms with E-state index in [1.54, 1.807) is 17.9 Å². The summed E-state index contributed by atoms with van der Waals surface area (Å²) in [5.41, 5.74) is 2.79. The molecule has 0 spiro atoms. The third-order valence-electron chi connectivity index (χ3n) is 4.23. The van der Waals surface area contributed by atoms with Crippen molar-refractivity contribution < 1.29 is 9.53 Å². The van der Waals surface area contributed by atoms with Gasteiger partial charge in [-0.15, -0.1) is 5.10 Å². The first-order valence-electron chi connectivity index (χ1n) is 8.98. The molecule has 0 saturated carbocycles. The molecule has 28 heavy (non-hydrogen) atoms. The molecule has 7 nitrogen and oxygen atoms in total. The zero-order chi connectivity index (χ0) is 20.1. The predicted molar refractivity (Wildman–Crippen MR) is 110 cm³/mol. The molecule has 1 atom stereocenters. The summed E-state index contributed by atoms with van der Waals surface area (Å²) < 4.78 is 6.83. The van der Waals surface area contributed by atoms with Crippen molar-refractivity contribution in [2.24, 2.45) is 0 Å². The van der Waals surface area contributed by atoms with Gasteiger partial charge in [-0.25, -0.2) is 0 Å². The van der Waals surface area contributed by atoms with Gasteiger partial charge in [0.15, 0.2) is 0 Å². The minimum atomic E-state index is -0.383. The highest BCUT2D eigenvalue weighted by Crippen LogP contribution is 2.25. The Hall–Kier alpha value is -2.87. The fourth-order valence-electron chi connectivity index (χ4n) is 2.57. The predicted octanol–water partition coefficient (Wildman–Crippen LogP) is 3.91. The zero-order valence-electron chi connectivity index (χ0n) is 16.3. The van der Waals surface area contributed by atoms with Crippen LogP contribution >= 0.6 is 11.8 Å². The molecule has 1 amide bonds. The Morgan fingerprint density at radius 2 is 1.89 bits per heavy atom. The van der Waals surface area contributed by atoms with Crippen molar-refractivity contribution in [2.75, 3.05) is 12.4 Å². The second-order valence-corrected chi connectivity index (χ2v) is 7.91. The van der Waals surface area contributed by atoms with Gasteiger partial charge in [-0.2, -0.15) is 4.68 Å². The highest BCUT2D eigenvalue weighted by molar-refractivity contribution is 8.00. The lowest BCUT2D eigenvalue weighted by Crippen LogP contribution is -2.22. The third-order valence-corrected chi connectivity index (χ3v) is 5.27. The van der Waals surface area contributed by atoms with Crippen LogP contribution < -0.4 is 10.1 Å². The van der Waals surface area contributed by atoms with Crippen LogP contribution in [0.15, 0.2) is 53.7 Å². The Morgan fingerprint density at radius 1 is 1.14 bits per heavy atom. The van der Waals surface area contributed by atoms with Gasteiger partial charge in [-0.3, -0.25) is 4.79 Å². The van der Waals surface area contributed by atoms with Crippen molar-refractivity contribution in [2.45, 2.75) is 37.1 Å². The van der Waals surface area contributed by atoms with Crippen LogP contribution in [0.4, 0.5) is 5.69 Å². The molecule has 2 aromatic carbocycles. The van der Waals surface area contributed by atoms with Crippen LogP contribution in [0.2, 0.25) is 0 Å². The Morgan fingerprint density at radius 3 is 2.57 bits per heavy atom. The van der Waals surface area contributed by atoms with Gasteiger partial charge in [0.25, 0.3) is 0 Å². The molecule has 3 rings (SSSR count). The average molecular weight is 398 g/mol. The van der Waals surface area contributed by atoms with Crippen molar-refractivity contribution in [3.63, 3.8) is 0 Å². The summed E-state index contributed by atoms with van der Waals surface area (Å²) in [7, 11) is 1.59. The standard InChI is InChI=1S/C20H23N5O2S/c1-13(2)15-8-10-17(11-9-15)25-20(22-23-24-25)28-14(3)19(26)21-16-6-5-7-18(12-16)27-4/h5-14H,1-4H3,(H,21,26). The summed E-state index contributed by atoms with van der Waals surface area (Å²) in [4.78, 5) is 12.6. The smallest absolute Gasteiger partial charge is 0.237 e. The van der Waals surface area contributed by atoms with E-state index in [9.17, 15) is 4.79 Å². The number of carbonyl (C=O) groups is 1. The summed E-state index contributed by atoms with van der Waals surface area (Å²) in [5, 5.41) is 15.0. The maximum atomic E-state index is 12.6. The maximum Gasteiger partial charge on any atom is 0.237 e. The van der Waals surface area contributed by atoms with E-state index in [1.807, 2.05) is 37.3 Å². The van der Waals surface area contributed by atoms with E-state index >= 15 is 0 Å². The van der Waals surface area contributed by atoms with E-state index in [-0.39, 0.29) is 11.2 Å². The molecule has 0 radical (unpaired) electrons. The van der Waals surface area contributed by atoms with Crippen LogP contribution in [0.3, 0.4) is 0 Å². The van der Waals surface area contributed by atoms with E-state index in [0.29, 0.717) is 22.5 Å². The first kappa shape index (κ1) is 19.9. The molecule has 146 valence electrons. The molecule has 1 heterocycles. The SMILES string of the molecule is COc1cccc(NC(=O)C(C)Sc2nnnn2-c2ccc(C(C)C)cc2)c1. The van der Waals surface area contributed by atoms with Crippen LogP contribution in [0.25, 0.3) is 5.69 Å². The van der Waals surface area contributed by atoms with Gasteiger partial charge in [0, 0.05) is 11.8 Å². The van der Waals surface area contributed by atoms with Crippen molar-refractivity contribution >= 4 is 23.4 Å². The Labute approximate surface area is 168 Å². The van der Waals surface area contributed by atoms with Gasteiger partial charge in [0.2, 0.25) is 11.1 Å². The number of benzene rings is 2. The molecular weight excluding hydrogens is 374 g/mol. The molecule has 8 heteroatoms. The van der Waals surface area contributed by atoms with Crippen LogP contribution in [0.1, 0.15) is 32.3 Å². The first-order chi connectivity index (χ1) is 13.5. The number of aromatic nitrogens is 4. The average Bonchev–Trinajstić information content (AvgIpc) is 3.16. The van der Waals surface area contributed by atoms with Crippen molar-refractivity contribution in [3.05, 3.63) is 54.1 Å². The molecule has 0 aliphatic rings. The Bertz CT molecular complexity index is 940. The van der Waals surface area contributed by atoms with Crippen LogP contribution in [0, 0.1) is 0 Å². The molecule has 0 aliphatic carbocycles. The normalized spacial score (nSPS) is 12.0. The number of hydrogen-bond acceptors (Lipinski definition) is 6. The Kier molecular flexibility index (Phi) is 6.30. The fourth-order valence-corrected chi connectivity index (χ4v) is 3.38. The summed E-state index contributed by atoms with van der Waals surface area (Å²) in [5.74, 6) is 1.01. The lowest BCUT2D eigenvalue weighted by molar-refractivity contribution is -0.115. The van der Waals surface area contributed by atoms with Crippen LogP contribution in [-0.2, 0) is 4.79 Å². The van der Waals surface area contributed by atoms with Gasteiger partial charge < -0.3 is 10.1 Å². The summed E-state index contributed by atoms with van der Waals surface area (Å²) in [6, 6.07) is 15.3. The summed E-state index contributed by atoms with van der Waals surface area (Å²) in [6.45, 7) is 6.12. The number of nitrogens with zero attached hydrogens (tertiary/aromatic N) is 4. The van der Waals surface area contributed by atoms with Crippen molar-refractivity contribution in [1.29, 1.82) is 0 Å². The van der Waals surface area contributed by atoms with Gasteiger partial charge in [0.05, 0.1) is 18.0 Å². The number of tetrazole rings is 1. The molecule has 3 aromatic rings. The van der Waals surface area contributed by atoms with Crippen molar-refractivity contribution in [3.8, 4) is 11.4 Å². The number of nitrogens with one attached hydrogen (secondary N) is 1. The molecule has 1 unspecified atom stereocenters. The number of rotatable bonds is 7. The number of methoxy groups -OCH3 is 1. The number of amides is 1. The summed E-state index contributed by atoms with van der Waals surface area (Å²) >= 11 is 1.30. The molecule has 0 aliphatic heterocycles. The van der Waals surface area contributed by atoms with Crippen molar-refractivity contribution in [1.82, 2.24) is 20.2 Å². The molecule has 1 aromatic heterocycles. The van der Waals surface area contributed by atoms with Gasteiger partial charge in [-0.1, -0.05) is 43.8 Å². The number of thioether (sulfide) groups is 1. The Balaban J connectivity index is 1.70. The van der Waals surface area contributed by atoms with E-state index in [1.165, 1.54) is 17.3 Å². The number of ether oxygens (including phenoxy) is 1. The molecule has 0 bridgehead atoms. The highest BCUT2D eigenvalue weighted by Gasteiger charge is 2.19. The van der Waals surface area contributed by atoms with Gasteiger partial charge in [0.1, 0.15) is 5.75 Å². The summed E-state index contributed by atoms with van der Waals surface area (Å²) in [6.07, 6.45) is 0. The quantitative estimate of drug-likeness (QED) is 0.609. The maximum absolute atomic E-state index is 12.6. The topological polar surface area (TPSA) is 81.9 Å². The number of anilines is 1. The van der Waals surface area contributed by atoms with Crippen LogP contribution in [-0.4, -0.2) is 38.5 Å². The minimum Gasteiger partial charge on any atom is -0.497 e. The number of hydrogen-bond donors (Lipinski definition) is 1. The molecule has 0 fully saturated rings. The second-order valence-electron chi connectivity index (χ2n) is 6.60. The van der Waals surface area contributed by atoms with E-state index in [4.69, 9.17) is 4.74 Å². The monoisotopic (exact) mass is 397 g/mol. The third kappa shape index (κ3) is 4.69. The zero-order valence-corrected chi connectivity index (χ0v) is 17.1. The largest absolute Gasteiger partial charge is 0.497 e. The fraction of sp³-hybridized carbons (Fsp3) is 0.300. The second kappa shape index (κ2) is 8.88. The van der Waals surface area contributed by atoms with E-state index < -0.39 is 0 Å². The van der Waals surface area contributed by atoms with E-state index in [2.05, 4.69) is 46.8 Å². The van der Waals surface area contributed by atoms with Gasteiger partial charge in [-0.05, 0) is 53.1 Å². The molecule has 1 N–H and O–H groups in total. The van der Waals surface area contributed by atoms with Crippen LogP contribution in [0.5, 0.6) is 5.75 Å². The lowest BCUT2D eigenvalue weighted by Gasteiger charge is -2.12. The lowest BCUT2D eigenvalue weighted by atomic mass is 10.0. The van der Waals surface area contributed by atoms with E-state index in [0.717, 1.165) is 5.69 Å². The minimum absolute atomic E-state index is 0.136. The first-order valence-corrected chi connectivity index (χ1v) is 9.86.